The number of nitrogens with one attached hydrogen (secondary N) is 1. The normalized spacial score (nSPS) is 12.4. The van der Waals surface area contributed by atoms with E-state index in [1.807, 2.05) is 13.8 Å². The number of carbonyl (C=O) groups is 1. The zero-order chi connectivity index (χ0) is 17.9. The van der Waals surface area contributed by atoms with Crippen LogP contribution in [0.15, 0.2) is 20.5 Å². The van der Waals surface area contributed by atoms with Crippen molar-refractivity contribution >= 4 is 17.7 Å². The molecule has 1 atom stereocenters. The molecule has 0 aliphatic heterocycles. The topological polar surface area (TPSA) is 105 Å². The number of aromatic amines is 1. The van der Waals surface area contributed by atoms with E-state index in [2.05, 4.69) is 20.1 Å². The molecule has 0 saturated carbocycles. The van der Waals surface area contributed by atoms with Gasteiger partial charge >= 0.3 is 0 Å². The molecule has 0 aromatic carbocycles. The van der Waals surface area contributed by atoms with Crippen LogP contribution in [-0.2, 0) is 11.3 Å². The Morgan fingerprint density at radius 1 is 1.38 bits per heavy atom. The van der Waals surface area contributed by atoms with Gasteiger partial charge in [-0.25, -0.2) is 4.98 Å². The minimum Gasteiger partial charge on any atom is -0.339 e. The summed E-state index contributed by atoms with van der Waals surface area (Å²) in [6.45, 7) is 7.68. The highest BCUT2D eigenvalue weighted by Gasteiger charge is 2.22. The Kier molecular flexibility index (Phi) is 5.76. The molecule has 1 N–H and O–H groups in total. The average Bonchev–Trinajstić information content (AvgIpc) is 2.93. The average molecular weight is 351 g/mol. The summed E-state index contributed by atoms with van der Waals surface area (Å²) in [5, 5.41) is 3.90. The van der Waals surface area contributed by atoms with Crippen molar-refractivity contribution in [1.82, 2.24) is 25.0 Å². The zero-order valence-corrected chi connectivity index (χ0v) is 15.2. The number of carbonyl (C=O) groups excluding carboxylic acids is 1. The smallest absolute Gasteiger partial charge is 0.251 e. The molecule has 2 rings (SSSR count). The minimum absolute atomic E-state index is 0.111. The highest BCUT2D eigenvalue weighted by atomic mass is 32.2. The number of nitrogens with zero attached hydrogens (tertiary/aromatic N) is 4. The van der Waals surface area contributed by atoms with E-state index < -0.39 is 5.25 Å². The molecule has 0 unspecified atom stereocenters. The maximum absolute atomic E-state index is 12.5. The van der Waals surface area contributed by atoms with Crippen LogP contribution < -0.4 is 5.56 Å². The van der Waals surface area contributed by atoms with Gasteiger partial charge in [-0.05, 0) is 13.8 Å². The van der Waals surface area contributed by atoms with Crippen molar-refractivity contribution < 1.29 is 9.32 Å². The molecule has 2 heterocycles. The van der Waals surface area contributed by atoms with Gasteiger partial charge in [-0.2, -0.15) is 4.98 Å². The standard InChI is InChI=1S/C15H21N5O3S/c1-8(2)13-17-11(19-23-13)7-20(5)14(22)10(4)24-15-16-9(3)6-12(21)18-15/h6,8,10H,7H2,1-5H3,(H,16,18,21)/t10-/m0/s1. The van der Waals surface area contributed by atoms with Gasteiger partial charge in [0.15, 0.2) is 11.0 Å². The first kappa shape index (κ1) is 18.2. The van der Waals surface area contributed by atoms with E-state index in [0.717, 1.165) is 0 Å². The number of aromatic nitrogens is 4. The van der Waals surface area contributed by atoms with Crippen LogP contribution in [0.5, 0.6) is 0 Å². The largest absolute Gasteiger partial charge is 0.339 e. The van der Waals surface area contributed by atoms with Gasteiger partial charge in [0.2, 0.25) is 11.8 Å². The van der Waals surface area contributed by atoms with Crippen molar-refractivity contribution in [3.63, 3.8) is 0 Å². The Balaban J connectivity index is 1.99. The summed E-state index contributed by atoms with van der Waals surface area (Å²) in [6.07, 6.45) is 0. The molecule has 24 heavy (non-hydrogen) atoms. The van der Waals surface area contributed by atoms with E-state index in [-0.39, 0.29) is 23.9 Å². The van der Waals surface area contributed by atoms with Gasteiger partial charge < -0.3 is 14.4 Å². The van der Waals surface area contributed by atoms with Gasteiger partial charge in [0.05, 0.1) is 11.8 Å². The summed E-state index contributed by atoms with van der Waals surface area (Å²) in [4.78, 5) is 36.6. The fourth-order valence-corrected chi connectivity index (χ4v) is 2.96. The molecule has 2 aromatic rings. The molecule has 8 nitrogen and oxygen atoms in total. The van der Waals surface area contributed by atoms with Crippen LogP contribution in [-0.4, -0.2) is 43.2 Å². The molecule has 0 radical (unpaired) electrons. The monoisotopic (exact) mass is 351 g/mol. The summed E-state index contributed by atoms with van der Waals surface area (Å²) >= 11 is 1.21. The summed E-state index contributed by atoms with van der Waals surface area (Å²) in [6, 6.07) is 1.41. The quantitative estimate of drug-likeness (QED) is 0.624. The van der Waals surface area contributed by atoms with Gasteiger partial charge in [-0.1, -0.05) is 30.8 Å². The number of aryl methyl sites for hydroxylation is 1. The van der Waals surface area contributed by atoms with Crippen molar-refractivity contribution in [2.24, 2.45) is 0 Å². The number of thioether (sulfide) groups is 1. The number of H-pyrrole nitrogens is 1. The third-order valence-electron chi connectivity index (χ3n) is 3.22. The Morgan fingerprint density at radius 2 is 2.08 bits per heavy atom. The third kappa shape index (κ3) is 4.67. The first-order valence-electron chi connectivity index (χ1n) is 7.58. The van der Waals surface area contributed by atoms with E-state index in [0.29, 0.717) is 22.6 Å². The zero-order valence-electron chi connectivity index (χ0n) is 14.4. The lowest BCUT2D eigenvalue weighted by Gasteiger charge is -2.19. The van der Waals surface area contributed by atoms with Crippen LogP contribution in [0.4, 0.5) is 0 Å². The summed E-state index contributed by atoms with van der Waals surface area (Å²) in [5.41, 5.74) is 0.383. The molecule has 0 aliphatic rings. The summed E-state index contributed by atoms with van der Waals surface area (Å²) in [5.74, 6) is 1.05. The molecule has 0 fully saturated rings. The fourth-order valence-electron chi connectivity index (χ4n) is 1.99. The Morgan fingerprint density at radius 3 is 2.67 bits per heavy atom. The fraction of sp³-hybridized carbons (Fsp3) is 0.533. The SMILES string of the molecule is Cc1cc(=O)[nH]c(S[C@@H](C)C(=O)N(C)Cc2noc(C(C)C)n2)n1. The van der Waals surface area contributed by atoms with Crippen molar-refractivity contribution in [1.29, 1.82) is 0 Å². The van der Waals surface area contributed by atoms with Gasteiger partial charge in [0.25, 0.3) is 5.56 Å². The van der Waals surface area contributed by atoms with E-state index in [4.69, 9.17) is 4.52 Å². The maximum Gasteiger partial charge on any atom is 0.251 e. The third-order valence-corrected chi connectivity index (χ3v) is 4.19. The van der Waals surface area contributed by atoms with Crippen molar-refractivity contribution in [2.45, 2.75) is 50.6 Å². The Labute approximate surface area is 144 Å². The van der Waals surface area contributed by atoms with E-state index in [1.165, 1.54) is 22.7 Å². The number of rotatable bonds is 6. The molecular formula is C15H21N5O3S. The lowest BCUT2D eigenvalue weighted by atomic mass is 10.2. The molecule has 0 spiro atoms. The van der Waals surface area contributed by atoms with E-state index in [9.17, 15) is 9.59 Å². The van der Waals surface area contributed by atoms with E-state index >= 15 is 0 Å². The highest BCUT2D eigenvalue weighted by molar-refractivity contribution is 8.00. The van der Waals surface area contributed by atoms with Crippen LogP contribution in [0.1, 0.15) is 44.1 Å². The molecule has 2 aromatic heterocycles. The number of hydrogen-bond donors (Lipinski definition) is 1. The predicted octanol–water partition coefficient (Wildman–Crippen LogP) is 1.72. The van der Waals surface area contributed by atoms with Crippen molar-refractivity contribution in [2.75, 3.05) is 7.05 Å². The molecule has 0 bridgehead atoms. The second kappa shape index (κ2) is 7.61. The molecule has 9 heteroatoms. The summed E-state index contributed by atoms with van der Waals surface area (Å²) in [7, 11) is 1.68. The van der Waals surface area contributed by atoms with Gasteiger partial charge in [-0.3, -0.25) is 9.59 Å². The molecule has 0 saturated heterocycles. The Bertz CT molecular complexity index is 770. The number of amides is 1. The lowest BCUT2D eigenvalue weighted by Crippen LogP contribution is -2.33. The van der Waals surface area contributed by atoms with Crippen LogP contribution in [0.2, 0.25) is 0 Å². The lowest BCUT2D eigenvalue weighted by molar-refractivity contribution is -0.129. The molecule has 0 aliphatic carbocycles. The van der Waals surface area contributed by atoms with Crippen LogP contribution in [0, 0.1) is 6.92 Å². The molecule has 130 valence electrons. The van der Waals surface area contributed by atoms with Crippen LogP contribution in [0.25, 0.3) is 0 Å². The predicted molar refractivity (Wildman–Crippen MR) is 89.8 cm³/mol. The van der Waals surface area contributed by atoms with Gasteiger partial charge in [0, 0.05) is 24.7 Å². The minimum atomic E-state index is -0.406. The molecule has 1 amide bonds. The Hall–Kier alpha value is -2.16. The number of hydrogen-bond acceptors (Lipinski definition) is 7. The first-order valence-corrected chi connectivity index (χ1v) is 8.46. The van der Waals surface area contributed by atoms with Crippen LogP contribution in [0.3, 0.4) is 0 Å². The highest BCUT2D eigenvalue weighted by Crippen LogP contribution is 2.20. The first-order chi connectivity index (χ1) is 11.3. The summed E-state index contributed by atoms with van der Waals surface area (Å²) < 4.78 is 5.14. The van der Waals surface area contributed by atoms with Gasteiger partial charge in [-0.15, -0.1) is 0 Å². The van der Waals surface area contributed by atoms with E-state index in [1.54, 1.807) is 20.9 Å². The van der Waals surface area contributed by atoms with Crippen LogP contribution >= 0.6 is 11.8 Å². The van der Waals surface area contributed by atoms with Crippen molar-refractivity contribution in [3.8, 4) is 0 Å². The second-order valence-corrected chi connectivity index (χ2v) is 7.18. The molecular weight excluding hydrogens is 330 g/mol. The van der Waals surface area contributed by atoms with Gasteiger partial charge in [0.1, 0.15) is 0 Å². The second-order valence-electron chi connectivity index (χ2n) is 5.85. The maximum atomic E-state index is 12.5. The van der Waals surface area contributed by atoms with Crippen molar-refractivity contribution in [3.05, 3.63) is 33.8 Å².